The van der Waals surface area contributed by atoms with Gasteiger partial charge in [0.05, 0.1) is 6.20 Å². The fourth-order valence-corrected chi connectivity index (χ4v) is 3.84. The van der Waals surface area contributed by atoms with E-state index in [0.717, 1.165) is 31.6 Å². The number of piperidine rings is 1. The Bertz CT molecular complexity index is 802. The Morgan fingerprint density at radius 3 is 2.77 bits per heavy atom. The maximum atomic E-state index is 12.4. The predicted molar refractivity (Wildman–Crippen MR) is 96.7 cm³/mol. The number of benzene rings is 1. The van der Waals surface area contributed by atoms with E-state index in [1.807, 2.05) is 12.1 Å². The molecule has 0 spiro atoms. The topological polar surface area (TPSA) is 87.5 Å². The number of carbonyl (C=O) groups is 2. The van der Waals surface area contributed by atoms with Gasteiger partial charge in [-0.2, -0.15) is 0 Å². The van der Waals surface area contributed by atoms with Gasteiger partial charge in [-0.25, -0.2) is 4.98 Å². The molecule has 2 aromatic rings. The second-order valence-electron chi connectivity index (χ2n) is 7.11. The van der Waals surface area contributed by atoms with Gasteiger partial charge in [-0.3, -0.25) is 9.59 Å². The minimum Gasteiger partial charge on any atom is -0.432 e. The van der Waals surface area contributed by atoms with E-state index >= 15 is 0 Å². The third-order valence-corrected chi connectivity index (χ3v) is 4.99. The summed E-state index contributed by atoms with van der Waals surface area (Å²) < 4.78 is 5.64. The molecule has 2 N–H and O–H groups in total. The van der Waals surface area contributed by atoms with Gasteiger partial charge in [0, 0.05) is 37.3 Å². The number of anilines is 1. The van der Waals surface area contributed by atoms with Crippen molar-refractivity contribution >= 4 is 17.5 Å². The highest BCUT2D eigenvalue weighted by atomic mass is 16.4. The van der Waals surface area contributed by atoms with Gasteiger partial charge in [-0.1, -0.05) is 0 Å². The van der Waals surface area contributed by atoms with Crippen LogP contribution in [0.5, 0.6) is 0 Å². The zero-order valence-electron chi connectivity index (χ0n) is 14.7. The van der Waals surface area contributed by atoms with Crippen LogP contribution >= 0.6 is 0 Å². The van der Waals surface area contributed by atoms with Crippen LogP contribution in [0.15, 0.2) is 34.9 Å². The van der Waals surface area contributed by atoms with Crippen LogP contribution in [0.3, 0.4) is 0 Å². The number of nitrogens with zero attached hydrogens (tertiary/aromatic N) is 2. The highest BCUT2D eigenvalue weighted by Gasteiger charge is 2.33. The van der Waals surface area contributed by atoms with Crippen molar-refractivity contribution in [3.05, 3.63) is 36.4 Å². The molecular weight excluding hydrogens is 332 g/mol. The normalized spacial score (nSPS) is 24.3. The number of fused-ring (bicyclic) bond motifs is 2. The van der Waals surface area contributed by atoms with Gasteiger partial charge in [0.2, 0.25) is 5.91 Å². The molecule has 0 saturated carbocycles. The molecular formula is C19H22N4O3. The Kier molecular flexibility index (Phi) is 4.46. The number of oxazole rings is 1. The summed E-state index contributed by atoms with van der Waals surface area (Å²) in [4.78, 5) is 30.0. The Labute approximate surface area is 151 Å². The molecule has 0 radical (unpaired) electrons. The van der Waals surface area contributed by atoms with Crippen LogP contribution < -0.4 is 10.6 Å². The molecule has 136 valence electrons. The molecule has 3 unspecified atom stereocenters. The number of nitrogens with one attached hydrogen (secondary N) is 2. The average Bonchev–Trinajstić information content (AvgIpc) is 3.22. The summed E-state index contributed by atoms with van der Waals surface area (Å²) in [5.74, 6) is 0.912. The molecule has 3 heterocycles. The minimum atomic E-state index is -0.265. The maximum absolute atomic E-state index is 12.4. The van der Waals surface area contributed by atoms with Crippen molar-refractivity contribution in [3.8, 4) is 11.3 Å². The van der Waals surface area contributed by atoms with Crippen LogP contribution in [-0.4, -0.2) is 47.4 Å². The molecule has 2 amide bonds. The van der Waals surface area contributed by atoms with Crippen molar-refractivity contribution in [2.45, 2.75) is 25.8 Å². The van der Waals surface area contributed by atoms with E-state index in [4.69, 9.17) is 4.42 Å². The second-order valence-corrected chi connectivity index (χ2v) is 7.11. The minimum absolute atomic E-state index is 0.0823. The van der Waals surface area contributed by atoms with Crippen LogP contribution in [0.2, 0.25) is 0 Å². The average molecular weight is 354 g/mol. The van der Waals surface area contributed by atoms with Gasteiger partial charge >= 0.3 is 5.91 Å². The maximum Gasteiger partial charge on any atom is 0.307 e. The molecule has 2 bridgehead atoms. The summed E-state index contributed by atoms with van der Waals surface area (Å²) in [6, 6.07) is 7.37. The number of aromatic nitrogens is 1. The zero-order valence-corrected chi connectivity index (χ0v) is 14.7. The van der Waals surface area contributed by atoms with Crippen molar-refractivity contribution in [2.24, 2.45) is 5.92 Å². The fourth-order valence-electron chi connectivity index (χ4n) is 3.84. The van der Waals surface area contributed by atoms with E-state index in [0.29, 0.717) is 17.4 Å². The molecule has 1 aromatic heterocycles. The Hall–Kier alpha value is -2.67. The van der Waals surface area contributed by atoms with E-state index in [-0.39, 0.29) is 23.7 Å². The highest BCUT2D eigenvalue weighted by Crippen LogP contribution is 2.27. The van der Waals surface area contributed by atoms with E-state index in [2.05, 4.69) is 20.5 Å². The standard InChI is InChI=1S/C19H22N4O3/c1-12(24)21-15-4-2-14(3-5-15)17-9-20-19(26-17)18(25)22-16-8-13-6-7-23(10-13)11-16/h2-5,9,13,16H,6-8,10-11H2,1H3,(H,21,24)(H,22,25). The van der Waals surface area contributed by atoms with Crippen molar-refractivity contribution in [3.63, 3.8) is 0 Å². The molecule has 1 aromatic carbocycles. The van der Waals surface area contributed by atoms with Crippen LogP contribution in [-0.2, 0) is 4.79 Å². The predicted octanol–water partition coefficient (Wildman–Crippen LogP) is 2.12. The molecule has 7 nitrogen and oxygen atoms in total. The number of carbonyl (C=O) groups excluding carboxylic acids is 2. The Balaban J connectivity index is 1.40. The summed E-state index contributed by atoms with van der Waals surface area (Å²) in [7, 11) is 0. The Morgan fingerprint density at radius 1 is 1.23 bits per heavy atom. The van der Waals surface area contributed by atoms with Gasteiger partial charge in [-0.15, -0.1) is 0 Å². The van der Waals surface area contributed by atoms with Crippen molar-refractivity contribution in [1.29, 1.82) is 0 Å². The number of rotatable bonds is 4. The lowest BCUT2D eigenvalue weighted by molar-refractivity contribution is -0.114. The third kappa shape index (κ3) is 3.62. The Morgan fingerprint density at radius 2 is 2.04 bits per heavy atom. The van der Waals surface area contributed by atoms with Crippen molar-refractivity contribution in [1.82, 2.24) is 15.2 Å². The summed E-state index contributed by atoms with van der Waals surface area (Å²) >= 11 is 0. The van der Waals surface area contributed by atoms with Crippen molar-refractivity contribution < 1.29 is 14.0 Å². The van der Waals surface area contributed by atoms with Crippen LogP contribution in [0, 0.1) is 5.92 Å². The molecule has 26 heavy (non-hydrogen) atoms. The highest BCUT2D eigenvalue weighted by molar-refractivity contribution is 5.90. The summed E-state index contributed by atoms with van der Waals surface area (Å²) in [5, 5.41) is 5.76. The van der Waals surface area contributed by atoms with E-state index in [1.165, 1.54) is 13.3 Å². The number of amides is 2. The third-order valence-electron chi connectivity index (χ3n) is 4.99. The molecule has 4 rings (SSSR count). The number of hydrogen-bond acceptors (Lipinski definition) is 5. The lowest BCUT2D eigenvalue weighted by atomic mass is 9.97. The molecule has 2 saturated heterocycles. The molecule has 2 aliphatic heterocycles. The van der Waals surface area contributed by atoms with Gasteiger partial charge in [0.15, 0.2) is 5.76 Å². The van der Waals surface area contributed by atoms with E-state index in [9.17, 15) is 9.59 Å². The quantitative estimate of drug-likeness (QED) is 0.878. The first kappa shape index (κ1) is 16.8. The SMILES string of the molecule is CC(=O)Nc1ccc(-c2cnc(C(=O)NC3CC4CCN(C4)C3)o2)cc1. The van der Waals surface area contributed by atoms with Gasteiger partial charge < -0.3 is 20.0 Å². The first-order chi connectivity index (χ1) is 12.6. The molecule has 7 heteroatoms. The van der Waals surface area contributed by atoms with E-state index in [1.54, 1.807) is 18.3 Å². The van der Waals surface area contributed by atoms with Crippen LogP contribution in [0.1, 0.15) is 30.5 Å². The first-order valence-corrected chi connectivity index (χ1v) is 8.94. The van der Waals surface area contributed by atoms with E-state index < -0.39 is 0 Å². The van der Waals surface area contributed by atoms with Gasteiger partial charge in [0.25, 0.3) is 5.89 Å². The van der Waals surface area contributed by atoms with Crippen LogP contribution in [0.25, 0.3) is 11.3 Å². The van der Waals surface area contributed by atoms with Gasteiger partial charge in [-0.05, 0) is 49.6 Å². The number of hydrogen-bond donors (Lipinski definition) is 2. The molecule has 3 atom stereocenters. The largest absolute Gasteiger partial charge is 0.432 e. The lowest BCUT2D eigenvalue weighted by Crippen LogP contribution is -2.47. The zero-order chi connectivity index (χ0) is 18.1. The monoisotopic (exact) mass is 354 g/mol. The molecule has 0 aliphatic carbocycles. The second kappa shape index (κ2) is 6.92. The van der Waals surface area contributed by atoms with Crippen LogP contribution in [0.4, 0.5) is 5.69 Å². The summed E-state index contributed by atoms with van der Waals surface area (Å²) in [5.41, 5.74) is 1.51. The fraction of sp³-hybridized carbons (Fsp3) is 0.421. The molecule has 2 fully saturated rings. The van der Waals surface area contributed by atoms with Crippen molar-refractivity contribution in [2.75, 3.05) is 25.0 Å². The first-order valence-electron chi connectivity index (χ1n) is 8.94. The van der Waals surface area contributed by atoms with Gasteiger partial charge in [0.1, 0.15) is 0 Å². The lowest BCUT2D eigenvalue weighted by Gasteiger charge is -2.30. The molecule has 2 aliphatic rings. The smallest absolute Gasteiger partial charge is 0.307 e. The summed E-state index contributed by atoms with van der Waals surface area (Å²) in [6.45, 7) is 4.66. The summed E-state index contributed by atoms with van der Waals surface area (Å²) in [6.07, 6.45) is 3.81.